The fraction of sp³-hybridized carbons (Fsp3) is 0.611. The molecule has 0 saturated heterocycles. The normalized spacial score (nSPS) is 20.7. The number of rotatable bonds is 5. The third-order valence-corrected chi connectivity index (χ3v) is 3.99. The molecule has 0 unspecified atom stereocenters. The Morgan fingerprint density at radius 2 is 2.00 bits per heavy atom. The number of aryl methyl sites for hydroxylation is 1. The van der Waals surface area contributed by atoms with Gasteiger partial charge in [0.05, 0.1) is 0 Å². The van der Waals surface area contributed by atoms with Crippen molar-refractivity contribution in [1.29, 1.82) is 0 Å². The summed E-state index contributed by atoms with van der Waals surface area (Å²) in [5.74, 6) is -0.186. The molecule has 1 amide bonds. The quantitative estimate of drug-likeness (QED) is 0.874. The lowest BCUT2D eigenvalue weighted by Crippen LogP contribution is -2.53. The average molecular weight is 322 g/mol. The van der Waals surface area contributed by atoms with Crippen molar-refractivity contribution in [2.24, 2.45) is 0 Å². The minimum Gasteiger partial charge on any atom is -0.444 e. The number of benzene rings is 1. The first-order valence-corrected chi connectivity index (χ1v) is 8.21. The number of carbonyl (C=O) groups is 1. The maximum atomic E-state index is 13.1. The van der Waals surface area contributed by atoms with Crippen molar-refractivity contribution < 1.29 is 13.9 Å². The maximum Gasteiger partial charge on any atom is 0.407 e. The second kappa shape index (κ2) is 7.30. The van der Waals surface area contributed by atoms with Gasteiger partial charge in [0.25, 0.3) is 0 Å². The zero-order valence-corrected chi connectivity index (χ0v) is 14.4. The van der Waals surface area contributed by atoms with Crippen molar-refractivity contribution in [3.05, 3.63) is 35.1 Å². The van der Waals surface area contributed by atoms with Crippen LogP contribution in [0.4, 0.5) is 9.18 Å². The molecule has 5 heteroatoms. The zero-order chi connectivity index (χ0) is 17.0. The summed E-state index contributed by atoms with van der Waals surface area (Å²) in [6, 6.07) is 5.54. The Morgan fingerprint density at radius 3 is 2.61 bits per heavy atom. The van der Waals surface area contributed by atoms with E-state index in [1.54, 1.807) is 6.07 Å². The molecule has 0 spiro atoms. The zero-order valence-electron chi connectivity index (χ0n) is 14.4. The molecule has 4 nitrogen and oxygen atoms in total. The molecule has 0 heterocycles. The van der Waals surface area contributed by atoms with Crippen LogP contribution >= 0.6 is 0 Å². The molecule has 0 aliphatic heterocycles. The van der Waals surface area contributed by atoms with Crippen LogP contribution in [0.3, 0.4) is 0 Å². The highest BCUT2D eigenvalue weighted by molar-refractivity contribution is 5.68. The number of nitrogens with one attached hydrogen (secondary N) is 2. The van der Waals surface area contributed by atoms with Crippen LogP contribution in [-0.2, 0) is 11.2 Å². The first-order chi connectivity index (χ1) is 10.7. The molecule has 1 aliphatic carbocycles. The van der Waals surface area contributed by atoms with Gasteiger partial charge in [-0.15, -0.1) is 0 Å². The summed E-state index contributed by atoms with van der Waals surface area (Å²) in [5, 5.41) is 6.36. The standard InChI is InChI=1S/C18H27FN2O2/c1-12-9-14(19)6-5-13(12)7-8-20-15-10-16(11-15)21-17(22)23-18(2,3)4/h5-6,9,15-16,20H,7-8,10-11H2,1-4H3,(H,21,22). The molecule has 128 valence electrons. The number of carbonyl (C=O) groups excluding carboxylic acids is 1. The van der Waals surface area contributed by atoms with E-state index in [0.29, 0.717) is 6.04 Å². The molecular formula is C18H27FN2O2. The second-order valence-corrected chi connectivity index (χ2v) is 7.29. The fourth-order valence-electron chi connectivity index (χ4n) is 2.73. The Morgan fingerprint density at radius 1 is 1.30 bits per heavy atom. The van der Waals surface area contributed by atoms with E-state index in [4.69, 9.17) is 4.74 Å². The van der Waals surface area contributed by atoms with Crippen molar-refractivity contribution in [2.45, 2.75) is 64.6 Å². The largest absolute Gasteiger partial charge is 0.444 e. The average Bonchev–Trinajstić information content (AvgIpc) is 2.35. The molecule has 0 radical (unpaired) electrons. The lowest BCUT2D eigenvalue weighted by molar-refractivity contribution is 0.0465. The van der Waals surface area contributed by atoms with Crippen LogP contribution in [0.25, 0.3) is 0 Å². The van der Waals surface area contributed by atoms with Crippen molar-refractivity contribution in [3.63, 3.8) is 0 Å². The van der Waals surface area contributed by atoms with Gasteiger partial charge in [0, 0.05) is 12.1 Å². The maximum absolute atomic E-state index is 13.1. The second-order valence-electron chi connectivity index (χ2n) is 7.29. The van der Waals surface area contributed by atoms with Gasteiger partial charge >= 0.3 is 6.09 Å². The number of hydrogen-bond acceptors (Lipinski definition) is 3. The molecule has 1 aromatic rings. The van der Waals surface area contributed by atoms with E-state index in [9.17, 15) is 9.18 Å². The van der Waals surface area contributed by atoms with Crippen molar-refractivity contribution >= 4 is 6.09 Å². The van der Waals surface area contributed by atoms with E-state index in [1.165, 1.54) is 11.6 Å². The topological polar surface area (TPSA) is 50.4 Å². The summed E-state index contributed by atoms with van der Waals surface area (Å²) < 4.78 is 18.3. The Bertz CT molecular complexity index is 548. The molecule has 2 rings (SSSR count). The Balaban J connectivity index is 1.62. The van der Waals surface area contributed by atoms with Crippen LogP contribution in [0.5, 0.6) is 0 Å². The third-order valence-electron chi connectivity index (χ3n) is 3.99. The van der Waals surface area contributed by atoms with Crippen molar-refractivity contribution in [3.8, 4) is 0 Å². The number of hydrogen-bond donors (Lipinski definition) is 2. The van der Waals surface area contributed by atoms with E-state index in [-0.39, 0.29) is 18.0 Å². The monoisotopic (exact) mass is 322 g/mol. The third kappa shape index (κ3) is 5.82. The molecular weight excluding hydrogens is 295 g/mol. The van der Waals surface area contributed by atoms with Crippen LogP contribution in [-0.4, -0.2) is 30.3 Å². The summed E-state index contributed by atoms with van der Waals surface area (Å²) in [5.41, 5.74) is 1.70. The SMILES string of the molecule is Cc1cc(F)ccc1CCNC1CC(NC(=O)OC(C)(C)C)C1. The number of amides is 1. The van der Waals surface area contributed by atoms with Gasteiger partial charge in [-0.2, -0.15) is 0 Å². The molecule has 0 aromatic heterocycles. The van der Waals surface area contributed by atoms with Crippen LogP contribution in [0, 0.1) is 12.7 Å². The molecule has 1 saturated carbocycles. The van der Waals surface area contributed by atoms with Gasteiger partial charge in [-0.05, 0) is 76.8 Å². The van der Waals surface area contributed by atoms with Crippen molar-refractivity contribution in [2.75, 3.05) is 6.54 Å². The summed E-state index contributed by atoms with van der Waals surface area (Å²) in [6.45, 7) is 8.36. The lowest BCUT2D eigenvalue weighted by atomic mass is 9.86. The van der Waals surface area contributed by atoms with Gasteiger partial charge in [-0.3, -0.25) is 0 Å². The highest BCUT2D eigenvalue weighted by atomic mass is 19.1. The fourth-order valence-corrected chi connectivity index (χ4v) is 2.73. The minimum atomic E-state index is -0.460. The predicted octanol–water partition coefficient (Wildman–Crippen LogP) is 3.32. The van der Waals surface area contributed by atoms with Crippen molar-refractivity contribution in [1.82, 2.24) is 10.6 Å². The van der Waals surface area contributed by atoms with E-state index >= 15 is 0 Å². The summed E-state index contributed by atoms with van der Waals surface area (Å²) in [4.78, 5) is 11.6. The summed E-state index contributed by atoms with van der Waals surface area (Å²) in [7, 11) is 0. The van der Waals surface area contributed by atoms with E-state index in [1.807, 2.05) is 33.8 Å². The first-order valence-electron chi connectivity index (χ1n) is 8.21. The van der Waals surface area contributed by atoms with E-state index < -0.39 is 5.60 Å². The van der Waals surface area contributed by atoms with Gasteiger partial charge in [0.15, 0.2) is 0 Å². The Hall–Kier alpha value is -1.62. The summed E-state index contributed by atoms with van der Waals surface area (Å²) in [6.07, 6.45) is 2.37. The van der Waals surface area contributed by atoms with Crippen LogP contribution in [0.2, 0.25) is 0 Å². The molecule has 0 atom stereocenters. The van der Waals surface area contributed by atoms with E-state index in [0.717, 1.165) is 31.4 Å². The number of alkyl carbamates (subject to hydrolysis) is 1. The van der Waals surface area contributed by atoms with Gasteiger partial charge in [0.2, 0.25) is 0 Å². The van der Waals surface area contributed by atoms with Crippen LogP contribution < -0.4 is 10.6 Å². The molecule has 1 aliphatic rings. The number of halogens is 1. The van der Waals surface area contributed by atoms with E-state index in [2.05, 4.69) is 10.6 Å². The minimum absolute atomic E-state index is 0.186. The predicted molar refractivity (Wildman–Crippen MR) is 89.0 cm³/mol. The van der Waals surface area contributed by atoms with Crippen LogP contribution in [0.15, 0.2) is 18.2 Å². The molecule has 23 heavy (non-hydrogen) atoms. The lowest BCUT2D eigenvalue weighted by Gasteiger charge is -2.36. The molecule has 0 bridgehead atoms. The molecule has 1 fully saturated rings. The van der Waals surface area contributed by atoms with Crippen LogP contribution in [0.1, 0.15) is 44.7 Å². The smallest absolute Gasteiger partial charge is 0.407 e. The number of ether oxygens (including phenoxy) is 1. The highest BCUT2D eigenvalue weighted by Gasteiger charge is 2.31. The van der Waals surface area contributed by atoms with Gasteiger partial charge < -0.3 is 15.4 Å². The first kappa shape index (κ1) is 17.7. The Labute approximate surface area is 137 Å². The highest BCUT2D eigenvalue weighted by Crippen LogP contribution is 2.21. The summed E-state index contributed by atoms with van der Waals surface area (Å²) >= 11 is 0. The molecule has 2 N–H and O–H groups in total. The molecule has 1 aromatic carbocycles. The van der Waals surface area contributed by atoms with Gasteiger partial charge in [-0.1, -0.05) is 6.07 Å². The Kier molecular flexibility index (Phi) is 5.63. The van der Waals surface area contributed by atoms with Gasteiger partial charge in [0.1, 0.15) is 11.4 Å². The van der Waals surface area contributed by atoms with Gasteiger partial charge in [-0.25, -0.2) is 9.18 Å².